The first-order valence-electron chi connectivity index (χ1n) is 6.05. The molecule has 0 aromatic heterocycles. The first-order chi connectivity index (χ1) is 10.1. The van der Waals surface area contributed by atoms with Crippen molar-refractivity contribution in [3.05, 3.63) is 70.3 Å². The van der Waals surface area contributed by atoms with Gasteiger partial charge in [0.15, 0.2) is 5.11 Å². The number of para-hydroxylation sites is 1. The van der Waals surface area contributed by atoms with Gasteiger partial charge < -0.3 is 5.32 Å². The van der Waals surface area contributed by atoms with E-state index in [1.54, 1.807) is 12.1 Å². The molecule has 0 bridgehead atoms. The number of nitrogens with one attached hydrogen (secondary N) is 2. The number of anilines is 1. The highest BCUT2D eigenvalue weighted by molar-refractivity contribution is 7.80. The van der Waals surface area contributed by atoms with Crippen molar-refractivity contribution in [3.8, 4) is 0 Å². The summed E-state index contributed by atoms with van der Waals surface area (Å²) in [7, 11) is 0. The Morgan fingerprint density at radius 1 is 1.19 bits per heavy atom. The van der Waals surface area contributed by atoms with Gasteiger partial charge in [0.1, 0.15) is 0 Å². The second kappa shape index (κ2) is 7.11. The van der Waals surface area contributed by atoms with Crippen LogP contribution in [0.4, 0.5) is 11.4 Å². The fraction of sp³-hybridized carbons (Fsp3) is 0. The first-order valence-corrected chi connectivity index (χ1v) is 6.45. The molecule has 0 aliphatic heterocycles. The number of hydrogen-bond donors (Lipinski definition) is 2. The predicted octanol–water partition coefficient (Wildman–Crippen LogP) is 2.92. The van der Waals surface area contributed by atoms with Crippen molar-refractivity contribution < 1.29 is 4.92 Å². The normalized spacial score (nSPS) is 10.3. The Morgan fingerprint density at radius 2 is 1.95 bits per heavy atom. The fourth-order valence-corrected chi connectivity index (χ4v) is 1.74. The fourth-order valence-electron chi connectivity index (χ4n) is 1.56. The molecule has 0 saturated carbocycles. The molecule has 0 saturated heterocycles. The summed E-state index contributed by atoms with van der Waals surface area (Å²) in [6.45, 7) is 0. The van der Waals surface area contributed by atoms with E-state index in [4.69, 9.17) is 12.2 Å². The molecule has 0 spiro atoms. The quantitative estimate of drug-likeness (QED) is 0.393. The van der Waals surface area contributed by atoms with Gasteiger partial charge in [-0.2, -0.15) is 5.10 Å². The summed E-state index contributed by atoms with van der Waals surface area (Å²) in [5.41, 5.74) is 4.12. The van der Waals surface area contributed by atoms with Gasteiger partial charge >= 0.3 is 0 Å². The Kier molecular flexibility index (Phi) is 4.94. The molecule has 0 heterocycles. The van der Waals surface area contributed by atoms with Gasteiger partial charge in [-0.05, 0) is 24.4 Å². The van der Waals surface area contributed by atoms with Crippen LogP contribution in [0.15, 0.2) is 59.7 Å². The first kappa shape index (κ1) is 14.6. The highest BCUT2D eigenvalue weighted by atomic mass is 32.1. The number of nitrogens with zero attached hydrogens (tertiary/aromatic N) is 2. The monoisotopic (exact) mass is 300 g/mol. The van der Waals surface area contributed by atoms with Crippen molar-refractivity contribution in [2.45, 2.75) is 0 Å². The number of nitro benzene ring substituents is 1. The molecule has 0 fully saturated rings. The minimum atomic E-state index is -0.452. The Labute approximate surface area is 126 Å². The third-order valence-electron chi connectivity index (χ3n) is 2.49. The molecule has 0 unspecified atom stereocenters. The van der Waals surface area contributed by atoms with Crippen LogP contribution in [0.2, 0.25) is 0 Å². The zero-order valence-electron chi connectivity index (χ0n) is 10.9. The summed E-state index contributed by atoms with van der Waals surface area (Å²) in [4.78, 5) is 10.2. The van der Waals surface area contributed by atoms with E-state index in [1.165, 1.54) is 18.3 Å². The van der Waals surface area contributed by atoms with Crippen LogP contribution in [0.1, 0.15) is 5.56 Å². The molecule has 21 heavy (non-hydrogen) atoms. The van der Waals surface area contributed by atoms with Crippen molar-refractivity contribution >= 4 is 34.9 Å². The van der Waals surface area contributed by atoms with E-state index in [2.05, 4.69) is 15.8 Å². The van der Waals surface area contributed by atoms with E-state index in [1.807, 2.05) is 30.3 Å². The van der Waals surface area contributed by atoms with Crippen LogP contribution in [0.5, 0.6) is 0 Å². The number of thiocarbonyl (C=S) groups is 1. The Balaban J connectivity index is 1.91. The smallest absolute Gasteiger partial charge is 0.270 e. The number of nitro groups is 1. The number of non-ortho nitro benzene ring substituents is 1. The summed E-state index contributed by atoms with van der Waals surface area (Å²) in [5.74, 6) is 0. The van der Waals surface area contributed by atoms with Crippen LogP contribution in [0, 0.1) is 10.1 Å². The van der Waals surface area contributed by atoms with E-state index in [9.17, 15) is 10.1 Å². The summed E-state index contributed by atoms with van der Waals surface area (Å²) < 4.78 is 0. The van der Waals surface area contributed by atoms with Crippen LogP contribution in [0.25, 0.3) is 0 Å². The van der Waals surface area contributed by atoms with Crippen molar-refractivity contribution in [2.24, 2.45) is 5.10 Å². The van der Waals surface area contributed by atoms with Crippen LogP contribution < -0.4 is 10.7 Å². The van der Waals surface area contributed by atoms with Crippen LogP contribution in [-0.4, -0.2) is 16.3 Å². The maximum absolute atomic E-state index is 10.7. The van der Waals surface area contributed by atoms with Crippen molar-refractivity contribution in [1.29, 1.82) is 0 Å². The average Bonchev–Trinajstić information content (AvgIpc) is 2.48. The molecule has 0 atom stereocenters. The summed E-state index contributed by atoms with van der Waals surface area (Å²) in [5, 5.41) is 17.9. The molecular formula is C14H12N4O2S. The molecule has 0 amide bonds. The minimum Gasteiger partial charge on any atom is -0.331 e. The Morgan fingerprint density at radius 3 is 2.67 bits per heavy atom. The number of rotatable bonds is 4. The SMILES string of the molecule is O=[N+]([O-])c1cccc(/C=N/NC(=S)Nc2ccccc2)c1. The minimum absolute atomic E-state index is 0.0175. The maximum atomic E-state index is 10.7. The van der Waals surface area contributed by atoms with Crippen molar-refractivity contribution in [3.63, 3.8) is 0 Å². The molecule has 0 aliphatic carbocycles. The highest BCUT2D eigenvalue weighted by Crippen LogP contribution is 2.11. The number of hydrogen-bond acceptors (Lipinski definition) is 4. The van der Waals surface area contributed by atoms with E-state index >= 15 is 0 Å². The number of benzene rings is 2. The zero-order valence-corrected chi connectivity index (χ0v) is 11.7. The Bertz CT molecular complexity index is 674. The third-order valence-corrected chi connectivity index (χ3v) is 2.69. The van der Waals surface area contributed by atoms with Crippen molar-refractivity contribution in [2.75, 3.05) is 5.32 Å². The molecule has 0 radical (unpaired) electrons. The van der Waals surface area contributed by atoms with Crippen LogP contribution in [0.3, 0.4) is 0 Å². The summed E-state index contributed by atoms with van der Waals surface area (Å²) in [6.07, 6.45) is 1.46. The van der Waals surface area contributed by atoms with Gasteiger partial charge in [0.2, 0.25) is 0 Å². The highest BCUT2D eigenvalue weighted by Gasteiger charge is 2.03. The maximum Gasteiger partial charge on any atom is 0.270 e. The molecule has 2 N–H and O–H groups in total. The zero-order chi connectivity index (χ0) is 15.1. The van der Waals surface area contributed by atoms with Gasteiger partial charge in [-0.15, -0.1) is 0 Å². The largest absolute Gasteiger partial charge is 0.331 e. The van der Waals surface area contributed by atoms with Gasteiger partial charge in [0.05, 0.1) is 11.1 Å². The molecule has 7 heteroatoms. The van der Waals surface area contributed by atoms with E-state index in [-0.39, 0.29) is 5.69 Å². The van der Waals surface area contributed by atoms with Gasteiger partial charge in [-0.25, -0.2) is 0 Å². The Hall–Kier alpha value is -2.80. The van der Waals surface area contributed by atoms with E-state index < -0.39 is 4.92 Å². The molecular weight excluding hydrogens is 288 g/mol. The second-order valence-corrected chi connectivity index (χ2v) is 4.45. The number of hydrazone groups is 1. The molecule has 106 valence electrons. The second-order valence-electron chi connectivity index (χ2n) is 4.04. The van der Waals surface area contributed by atoms with Crippen molar-refractivity contribution in [1.82, 2.24) is 5.43 Å². The molecule has 0 aliphatic rings. The van der Waals surface area contributed by atoms with Gasteiger partial charge in [-0.1, -0.05) is 30.3 Å². The van der Waals surface area contributed by atoms with Crippen LogP contribution in [-0.2, 0) is 0 Å². The summed E-state index contributed by atoms with van der Waals surface area (Å²) >= 11 is 5.07. The lowest BCUT2D eigenvalue weighted by Gasteiger charge is -2.06. The molecule has 6 nitrogen and oxygen atoms in total. The summed E-state index contributed by atoms with van der Waals surface area (Å²) in [6, 6.07) is 15.6. The lowest BCUT2D eigenvalue weighted by Crippen LogP contribution is -2.23. The van der Waals surface area contributed by atoms with E-state index in [0.29, 0.717) is 10.7 Å². The lowest BCUT2D eigenvalue weighted by atomic mass is 10.2. The average molecular weight is 300 g/mol. The molecule has 2 rings (SSSR count). The van der Waals surface area contributed by atoms with Crippen LogP contribution >= 0.6 is 12.2 Å². The van der Waals surface area contributed by atoms with Gasteiger partial charge in [0.25, 0.3) is 5.69 Å². The van der Waals surface area contributed by atoms with E-state index in [0.717, 1.165) is 5.69 Å². The topological polar surface area (TPSA) is 79.6 Å². The lowest BCUT2D eigenvalue weighted by molar-refractivity contribution is -0.384. The van der Waals surface area contributed by atoms with Gasteiger partial charge in [-0.3, -0.25) is 15.5 Å². The standard InChI is InChI=1S/C14H12N4O2S/c19-18(20)13-8-4-5-11(9-13)10-15-17-14(21)16-12-6-2-1-3-7-12/h1-10H,(H2,16,17,21)/b15-10+. The molecule has 2 aromatic carbocycles. The predicted molar refractivity (Wildman–Crippen MR) is 86.5 cm³/mol. The third kappa shape index (κ3) is 4.66. The molecule has 2 aromatic rings. The van der Waals surface area contributed by atoms with Gasteiger partial charge in [0, 0.05) is 23.4 Å².